The van der Waals surface area contributed by atoms with Crippen molar-refractivity contribution in [1.82, 2.24) is 10.2 Å². The molecule has 0 saturated carbocycles. The van der Waals surface area contributed by atoms with Gasteiger partial charge in [0.05, 0.1) is 12.6 Å². The highest BCUT2D eigenvalue weighted by atomic mass is 16.5. The van der Waals surface area contributed by atoms with E-state index in [4.69, 9.17) is 5.73 Å². The summed E-state index contributed by atoms with van der Waals surface area (Å²) >= 11 is 0. The molecule has 0 aliphatic heterocycles. The molecule has 1 aromatic carbocycles. The van der Waals surface area contributed by atoms with Gasteiger partial charge in [-0.2, -0.15) is 5.10 Å². The second kappa shape index (κ2) is 3.95. The zero-order valence-corrected chi connectivity index (χ0v) is 8.57. The van der Waals surface area contributed by atoms with Gasteiger partial charge in [0, 0.05) is 16.9 Å². The number of fused-ring (bicyclic) bond motifs is 1. The number of carbonyl (C=O) groups is 1. The molecule has 16 heavy (non-hydrogen) atoms. The average Bonchev–Trinajstić information content (AvgIpc) is 2.67. The quantitative estimate of drug-likeness (QED) is 0.500. The Morgan fingerprint density at radius 3 is 3.12 bits per heavy atom. The smallest absolute Gasteiger partial charge is 0.384 e. The highest BCUT2D eigenvalue weighted by Gasteiger charge is 2.01. The van der Waals surface area contributed by atoms with E-state index >= 15 is 0 Å². The molecule has 0 amide bonds. The second-order valence-electron chi connectivity index (χ2n) is 3.11. The van der Waals surface area contributed by atoms with E-state index in [1.807, 2.05) is 0 Å². The Hall–Kier alpha value is -2.48. The largest absolute Gasteiger partial charge is 0.459 e. The molecular weight excluding hydrogens is 206 g/mol. The number of aromatic nitrogens is 2. The van der Waals surface area contributed by atoms with Gasteiger partial charge in [-0.3, -0.25) is 5.10 Å². The number of nitrogens with two attached hydrogens (primary N) is 1. The fraction of sp³-hybridized carbons (Fsp3) is 0.0909. The lowest BCUT2D eigenvalue weighted by atomic mass is 10.1. The Bertz CT molecular complexity index is 604. The lowest BCUT2D eigenvalue weighted by Crippen LogP contribution is -1.94. The summed E-state index contributed by atoms with van der Waals surface area (Å²) in [6, 6.07) is 5.34. The van der Waals surface area contributed by atoms with Gasteiger partial charge in [0.15, 0.2) is 5.82 Å². The van der Waals surface area contributed by atoms with E-state index in [0.717, 1.165) is 10.9 Å². The van der Waals surface area contributed by atoms with Crippen molar-refractivity contribution in [2.75, 3.05) is 12.8 Å². The number of hydrogen-bond donors (Lipinski definition) is 2. The first-order chi connectivity index (χ1) is 7.70. The molecule has 0 bridgehead atoms. The van der Waals surface area contributed by atoms with Crippen LogP contribution < -0.4 is 5.73 Å². The fourth-order valence-corrected chi connectivity index (χ4v) is 1.29. The Balaban J connectivity index is 2.39. The lowest BCUT2D eigenvalue weighted by molar-refractivity contribution is -0.133. The first-order valence-electron chi connectivity index (χ1n) is 4.54. The van der Waals surface area contributed by atoms with E-state index in [1.54, 1.807) is 18.2 Å². The second-order valence-corrected chi connectivity index (χ2v) is 3.11. The number of nitrogens with one attached hydrogen (secondary N) is 1. The van der Waals surface area contributed by atoms with Crippen molar-refractivity contribution < 1.29 is 9.53 Å². The molecule has 2 rings (SSSR count). The maximum Gasteiger partial charge on any atom is 0.384 e. The Labute approximate surface area is 91.6 Å². The van der Waals surface area contributed by atoms with Crippen LogP contribution in [0.4, 0.5) is 5.82 Å². The number of methoxy groups -OCH3 is 1. The molecule has 1 heterocycles. The predicted molar refractivity (Wildman–Crippen MR) is 59.4 cm³/mol. The van der Waals surface area contributed by atoms with Crippen LogP contribution in [0, 0.1) is 11.8 Å². The third kappa shape index (κ3) is 1.81. The number of ether oxygens (including phenoxy) is 1. The first kappa shape index (κ1) is 10.1. The molecule has 2 aromatic rings. The van der Waals surface area contributed by atoms with Gasteiger partial charge in [-0.05, 0) is 18.2 Å². The van der Waals surface area contributed by atoms with Gasteiger partial charge in [-0.25, -0.2) is 4.79 Å². The average molecular weight is 215 g/mol. The maximum absolute atomic E-state index is 10.8. The van der Waals surface area contributed by atoms with Crippen LogP contribution in [0.1, 0.15) is 5.56 Å². The van der Waals surface area contributed by atoms with Gasteiger partial charge in [-0.1, -0.05) is 5.92 Å². The molecule has 0 atom stereocenters. The summed E-state index contributed by atoms with van der Waals surface area (Å²) < 4.78 is 4.41. The van der Waals surface area contributed by atoms with Gasteiger partial charge in [-0.15, -0.1) is 0 Å². The molecule has 0 spiro atoms. The van der Waals surface area contributed by atoms with E-state index in [-0.39, 0.29) is 0 Å². The molecule has 80 valence electrons. The summed E-state index contributed by atoms with van der Waals surface area (Å²) in [4.78, 5) is 10.8. The number of H-pyrrole nitrogens is 1. The molecule has 0 radical (unpaired) electrons. The standard InChI is InChI=1S/C11H9N3O2/c1-16-10(15)5-3-7-2-4-8-9(6-7)13-14-11(8)12/h2,4,6H,1H3,(H3,12,13,14). The number of rotatable bonds is 0. The third-order valence-corrected chi connectivity index (χ3v) is 2.09. The van der Waals surface area contributed by atoms with E-state index in [2.05, 4.69) is 26.8 Å². The zero-order chi connectivity index (χ0) is 11.5. The number of hydrogen-bond acceptors (Lipinski definition) is 4. The normalized spacial score (nSPS) is 9.56. The highest BCUT2D eigenvalue weighted by molar-refractivity contribution is 5.91. The molecule has 5 nitrogen and oxygen atoms in total. The molecular formula is C11H9N3O2. The monoisotopic (exact) mass is 215 g/mol. The summed E-state index contributed by atoms with van der Waals surface area (Å²) in [5, 5.41) is 7.47. The zero-order valence-electron chi connectivity index (χ0n) is 8.57. The molecule has 0 aliphatic carbocycles. The van der Waals surface area contributed by atoms with Crippen LogP contribution in [0.5, 0.6) is 0 Å². The minimum absolute atomic E-state index is 0.447. The van der Waals surface area contributed by atoms with Crippen molar-refractivity contribution in [3.8, 4) is 11.8 Å². The van der Waals surface area contributed by atoms with Gasteiger partial charge in [0.25, 0.3) is 0 Å². The molecule has 1 aromatic heterocycles. The van der Waals surface area contributed by atoms with Crippen molar-refractivity contribution in [3.05, 3.63) is 23.8 Å². The predicted octanol–water partition coefficient (Wildman–Crippen LogP) is 0.670. The summed E-state index contributed by atoms with van der Waals surface area (Å²) in [5.74, 6) is 4.91. The lowest BCUT2D eigenvalue weighted by Gasteiger charge is -1.91. The van der Waals surface area contributed by atoms with Crippen molar-refractivity contribution >= 4 is 22.7 Å². The SMILES string of the molecule is COC(=O)C#Cc1ccc2c(N)n[nH]c2c1. The van der Waals surface area contributed by atoms with Crippen LogP contribution in [0.2, 0.25) is 0 Å². The van der Waals surface area contributed by atoms with Gasteiger partial charge in [0.2, 0.25) is 0 Å². The van der Waals surface area contributed by atoms with E-state index in [9.17, 15) is 4.79 Å². The Morgan fingerprint density at radius 2 is 2.38 bits per heavy atom. The molecule has 0 fully saturated rings. The maximum atomic E-state index is 10.8. The van der Waals surface area contributed by atoms with Gasteiger partial charge >= 0.3 is 5.97 Å². The fourth-order valence-electron chi connectivity index (χ4n) is 1.29. The number of nitrogen functional groups attached to an aromatic ring is 1. The minimum Gasteiger partial charge on any atom is -0.459 e. The van der Waals surface area contributed by atoms with E-state index in [1.165, 1.54) is 7.11 Å². The Kier molecular flexibility index (Phi) is 2.48. The third-order valence-electron chi connectivity index (χ3n) is 2.09. The topological polar surface area (TPSA) is 81.0 Å². The first-order valence-corrected chi connectivity index (χ1v) is 4.54. The van der Waals surface area contributed by atoms with Crippen LogP contribution in [0.25, 0.3) is 10.9 Å². The molecule has 3 N–H and O–H groups in total. The number of carbonyl (C=O) groups excluding carboxylic acids is 1. The van der Waals surface area contributed by atoms with Crippen LogP contribution >= 0.6 is 0 Å². The van der Waals surface area contributed by atoms with E-state index < -0.39 is 5.97 Å². The Morgan fingerprint density at radius 1 is 1.56 bits per heavy atom. The number of aromatic amines is 1. The van der Waals surface area contributed by atoms with Crippen LogP contribution in [0.15, 0.2) is 18.2 Å². The summed E-state index contributed by atoms with van der Waals surface area (Å²) in [6.07, 6.45) is 0. The minimum atomic E-state index is -0.566. The van der Waals surface area contributed by atoms with E-state index in [0.29, 0.717) is 11.4 Å². The number of esters is 1. The summed E-state index contributed by atoms with van der Waals surface area (Å²) in [7, 11) is 1.29. The summed E-state index contributed by atoms with van der Waals surface area (Å²) in [6.45, 7) is 0. The van der Waals surface area contributed by atoms with Crippen molar-refractivity contribution in [2.24, 2.45) is 0 Å². The molecule has 0 saturated heterocycles. The van der Waals surface area contributed by atoms with Crippen molar-refractivity contribution in [1.29, 1.82) is 0 Å². The van der Waals surface area contributed by atoms with Gasteiger partial charge < -0.3 is 10.5 Å². The highest BCUT2D eigenvalue weighted by Crippen LogP contribution is 2.18. The molecule has 0 aliphatic rings. The summed E-state index contributed by atoms with van der Waals surface area (Å²) in [5.41, 5.74) is 7.10. The van der Waals surface area contributed by atoms with Crippen molar-refractivity contribution in [3.63, 3.8) is 0 Å². The van der Waals surface area contributed by atoms with Crippen molar-refractivity contribution in [2.45, 2.75) is 0 Å². The van der Waals surface area contributed by atoms with Crippen LogP contribution in [-0.4, -0.2) is 23.3 Å². The number of anilines is 1. The molecule has 5 heteroatoms. The number of nitrogens with zero attached hydrogens (tertiary/aromatic N) is 1. The number of benzene rings is 1. The van der Waals surface area contributed by atoms with Crippen LogP contribution in [0.3, 0.4) is 0 Å². The molecule has 0 unspecified atom stereocenters. The van der Waals surface area contributed by atoms with Crippen LogP contribution in [-0.2, 0) is 9.53 Å². The van der Waals surface area contributed by atoms with Gasteiger partial charge in [0.1, 0.15) is 0 Å².